The first-order valence-electron chi connectivity index (χ1n) is 13.4. The molecule has 0 heterocycles. The van der Waals surface area contributed by atoms with Gasteiger partial charge >= 0.3 is 0 Å². The molecular formula is C37H34O2. The summed E-state index contributed by atoms with van der Waals surface area (Å²) in [5.41, 5.74) is 10.8. The van der Waals surface area contributed by atoms with Crippen LogP contribution in [0.1, 0.15) is 47.6 Å². The average Bonchev–Trinajstić information content (AvgIpc) is 3.00. The van der Waals surface area contributed by atoms with Gasteiger partial charge in [-0.3, -0.25) is 0 Å². The maximum atomic E-state index is 5.50. The lowest BCUT2D eigenvalue weighted by molar-refractivity contribution is 0.414. The van der Waals surface area contributed by atoms with Crippen LogP contribution in [0.5, 0.6) is 11.5 Å². The van der Waals surface area contributed by atoms with E-state index in [-0.39, 0.29) is 0 Å². The molecule has 5 rings (SSSR count). The van der Waals surface area contributed by atoms with Crippen molar-refractivity contribution in [3.8, 4) is 22.6 Å². The molecule has 0 saturated carbocycles. The standard InChI is InChI=1S/C37H34O2/c1-26(2)34-12-8-9-13-35(34)37(31-20-24-33(39-4)25-21-31)36(30-18-22-32(38-3)23-19-30)29-16-14-28(15-17-29)27-10-6-5-7-11-27/h5-26H,1-4H3/b37-36-. The zero-order valence-electron chi connectivity index (χ0n) is 23.0. The Balaban J connectivity index is 1.81. The molecule has 2 nitrogen and oxygen atoms in total. The molecule has 2 heteroatoms. The second-order valence-corrected chi connectivity index (χ2v) is 9.89. The van der Waals surface area contributed by atoms with E-state index < -0.39 is 0 Å². The van der Waals surface area contributed by atoms with Crippen LogP contribution >= 0.6 is 0 Å². The van der Waals surface area contributed by atoms with Crippen molar-refractivity contribution < 1.29 is 9.47 Å². The van der Waals surface area contributed by atoms with Crippen molar-refractivity contribution in [2.24, 2.45) is 0 Å². The van der Waals surface area contributed by atoms with Crippen molar-refractivity contribution >= 4 is 11.1 Å². The van der Waals surface area contributed by atoms with Gasteiger partial charge in [-0.1, -0.05) is 117 Å². The molecule has 0 aliphatic carbocycles. The first-order chi connectivity index (χ1) is 19.1. The van der Waals surface area contributed by atoms with E-state index in [1.165, 1.54) is 33.4 Å². The SMILES string of the molecule is COc1ccc(/C(=C(/c2ccc(OC)cc2)c2ccccc2C(C)C)c2ccc(-c3ccccc3)cc2)cc1. The minimum absolute atomic E-state index is 0.368. The van der Waals surface area contributed by atoms with Crippen LogP contribution in [0.3, 0.4) is 0 Å². The van der Waals surface area contributed by atoms with E-state index in [0.29, 0.717) is 5.92 Å². The third kappa shape index (κ3) is 5.66. The summed E-state index contributed by atoms with van der Waals surface area (Å²) in [5.74, 6) is 2.05. The molecule has 0 N–H and O–H groups in total. The monoisotopic (exact) mass is 510 g/mol. The predicted octanol–water partition coefficient (Wildman–Crippen LogP) is 9.50. The molecule has 0 spiro atoms. The van der Waals surface area contributed by atoms with Crippen molar-refractivity contribution in [2.45, 2.75) is 19.8 Å². The van der Waals surface area contributed by atoms with Gasteiger partial charge in [0, 0.05) is 0 Å². The molecule has 0 amide bonds. The highest BCUT2D eigenvalue weighted by Crippen LogP contribution is 2.40. The molecule has 0 aliphatic rings. The zero-order valence-corrected chi connectivity index (χ0v) is 23.0. The highest BCUT2D eigenvalue weighted by Gasteiger charge is 2.20. The maximum Gasteiger partial charge on any atom is 0.118 e. The molecule has 0 radical (unpaired) electrons. The number of ether oxygens (including phenoxy) is 2. The summed E-state index contributed by atoms with van der Waals surface area (Å²) in [6, 6.07) is 45.0. The van der Waals surface area contributed by atoms with Crippen LogP contribution in [0.2, 0.25) is 0 Å². The Morgan fingerprint density at radius 1 is 0.462 bits per heavy atom. The van der Waals surface area contributed by atoms with Crippen LogP contribution in [0.15, 0.2) is 127 Å². The molecule has 0 atom stereocenters. The maximum absolute atomic E-state index is 5.50. The van der Waals surface area contributed by atoms with E-state index in [4.69, 9.17) is 9.47 Å². The summed E-state index contributed by atoms with van der Waals surface area (Å²) in [5, 5.41) is 0. The largest absolute Gasteiger partial charge is 0.497 e. The average molecular weight is 511 g/mol. The molecule has 0 aliphatic heterocycles. The summed E-state index contributed by atoms with van der Waals surface area (Å²) < 4.78 is 11.0. The third-order valence-electron chi connectivity index (χ3n) is 7.14. The second kappa shape index (κ2) is 11.9. The van der Waals surface area contributed by atoms with Crippen LogP contribution in [0, 0.1) is 0 Å². The van der Waals surface area contributed by atoms with E-state index in [0.717, 1.165) is 28.2 Å². The van der Waals surface area contributed by atoms with E-state index >= 15 is 0 Å². The molecule has 0 fully saturated rings. The van der Waals surface area contributed by atoms with Crippen LogP contribution in [0.4, 0.5) is 0 Å². The van der Waals surface area contributed by atoms with Gasteiger partial charge in [0.1, 0.15) is 11.5 Å². The Morgan fingerprint density at radius 3 is 1.41 bits per heavy atom. The molecule has 0 saturated heterocycles. The Hall–Kier alpha value is -4.56. The van der Waals surface area contributed by atoms with Crippen LogP contribution < -0.4 is 9.47 Å². The van der Waals surface area contributed by atoms with Crippen LogP contribution in [-0.2, 0) is 0 Å². The zero-order chi connectivity index (χ0) is 27.2. The number of rotatable bonds is 8. The number of benzene rings is 5. The molecular weight excluding hydrogens is 476 g/mol. The number of methoxy groups -OCH3 is 2. The van der Waals surface area contributed by atoms with Gasteiger partial charge in [-0.2, -0.15) is 0 Å². The van der Waals surface area contributed by atoms with Crippen molar-refractivity contribution in [2.75, 3.05) is 14.2 Å². The lowest BCUT2D eigenvalue weighted by atomic mass is 9.82. The number of hydrogen-bond donors (Lipinski definition) is 0. The van der Waals surface area contributed by atoms with Crippen LogP contribution in [-0.4, -0.2) is 14.2 Å². The highest BCUT2D eigenvalue weighted by molar-refractivity contribution is 6.05. The topological polar surface area (TPSA) is 18.5 Å². The molecule has 5 aromatic carbocycles. The van der Waals surface area contributed by atoms with Gasteiger partial charge in [0.15, 0.2) is 0 Å². The molecule has 0 aromatic heterocycles. The molecule has 0 bridgehead atoms. The van der Waals surface area contributed by atoms with Gasteiger partial charge in [-0.05, 0) is 80.3 Å². The number of hydrogen-bond acceptors (Lipinski definition) is 2. The minimum atomic E-state index is 0.368. The van der Waals surface area contributed by atoms with Crippen molar-refractivity contribution in [3.05, 3.63) is 155 Å². The van der Waals surface area contributed by atoms with E-state index in [2.05, 4.69) is 117 Å². The lowest BCUT2D eigenvalue weighted by Crippen LogP contribution is -2.02. The van der Waals surface area contributed by atoms with E-state index in [1.807, 2.05) is 24.3 Å². The lowest BCUT2D eigenvalue weighted by Gasteiger charge is -2.22. The molecule has 194 valence electrons. The smallest absolute Gasteiger partial charge is 0.118 e. The Kier molecular flexibility index (Phi) is 7.94. The predicted molar refractivity (Wildman–Crippen MR) is 163 cm³/mol. The third-order valence-corrected chi connectivity index (χ3v) is 7.14. The van der Waals surface area contributed by atoms with Crippen LogP contribution in [0.25, 0.3) is 22.3 Å². The first-order valence-corrected chi connectivity index (χ1v) is 13.4. The normalized spacial score (nSPS) is 11.7. The van der Waals surface area contributed by atoms with Crippen molar-refractivity contribution in [3.63, 3.8) is 0 Å². The van der Waals surface area contributed by atoms with Gasteiger partial charge in [-0.25, -0.2) is 0 Å². The fourth-order valence-electron chi connectivity index (χ4n) is 5.09. The van der Waals surface area contributed by atoms with Gasteiger partial charge in [-0.15, -0.1) is 0 Å². The van der Waals surface area contributed by atoms with Gasteiger partial charge < -0.3 is 9.47 Å². The summed E-state index contributed by atoms with van der Waals surface area (Å²) in [4.78, 5) is 0. The summed E-state index contributed by atoms with van der Waals surface area (Å²) in [6.45, 7) is 4.51. The van der Waals surface area contributed by atoms with E-state index in [9.17, 15) is 0 Å². The van der Waals surface area contributed by atoms with Crippen molar-refractivity contribution in [1.82, 2.24) is 0 Å². The minimum Gasteiger partial charge on any atom is -0.497 e. The van der Waals surface area contributed by atoms with Gasteiger partial charge in [0.2, 0.25) is 0 Å². The Bertz CT molecular complexity index is 1540. The first kappa shape index (κ1) is 26.1. The highest BCUT2D eigenvalue weighted by atomic mass is 16.5. The summed E-state index contributed by atoms with van der Waals surface area (Å²) in [6.07, 6.45) is 0. The Labute approximate surface area is 232 Å². The fraction of sp³-hybridized carbons (Fsp3) is 0.135. The summed E-state index contributed by atoms with van der Waals surface area (Å²) >= 11 is 0. The van der Waals surface area contributed by atoms with E-state index in [1.54, 1.807) is 14.2 Å². The summed E-state index contributed by atoms with van der Waals surface area (Å²) in [7, 11) is 3.41. The molecule has 0 unspecified atom stereocenters. The second-order valence-electron chi connectivity index (χ2n) is 9.89. The quantitative estimate of drug-likeness (QED) is 0.194. The Morgan fingerprint density at radius 2 is 0.897 bits per heavy atom. The van der Waals surface area contributed by atoms with Gasteiger partial charge in [0.25, 0.3) is 0 Å². The molecule has 5 aromatic rings. The van der Waals surface area contributed by atoms with Crippen molar-refractivity contribution in [1.29, 1.82) is 0 Å². The fourth-order valence-corrected chi connectivity index (χ4v) is 5.09. The molecule has 39 heavy (non-hydrogen) atoms. The van der Waals surface area contributed by atoms with Gasteiger partial charge in [0.05, 0.1) is 14.2 Å².